The first-order valence-corrected chi connectivity index (χ1v) is 11.2. The molecular weight excluding hydrogens is 460 g/mol. The van der Waals surface area contributed by atoms with Crippen LogP contribution in [0.5, 0.6) is 17.2 Å². The summed E-state index contributed by atoms with van der Waals surface area (Å²) in [5.41, 5.74) is 3.91. The summed E-state index contributed by atoms with van der Waals surface area (Å²) in [7, 11) is 4.90. The lowest BCUT2D eigenvalue weighted by Gasteiger charge is -2.14. The predicted molar refractivity (Wildman–Crippen MR) is 137 cm³/mol. The molecule has 2 aromatic carbocycles. The maximum atomic E-state index is 12.7. The first-order chi connectivity index (χ1) is 17.4. The molecule has 2 N–H and O–H groups in total. The summed E-state index contributed by atoms with van der Waals surface area (Å²) in [6, 6.07) is 11.0. The second-order valence-corrected chi connectivity index (χ2v) is 7.98. The molecular formula is C26H28N6O4. The van der Waals surface area contributed by atoms with E-state index in [0.717, 1.165) is 22.6 Å². The molecule has 0 saturated heterocycles. The van der Waals surface area contributed by atoms with E-state index in [1.54, 1.807) is 33.7 Å². The lowest BCUT2D eigenvalue weighted by molar-refractivity contribution is 0.0920. The number of ether oxygens (including phenoxy) is 3. The van der Waals surface area contributed by atoms with E-state index in [1.807, 2.05) is 54.9 Å². The number of anilines is 3. The van der Waals surface area contributed by atoms with Crippen molar-refractivity contribution in [3.05, 3.63) is 71.9 Å². The minimum Gasteiger partial charge on any atom is -0.497 e. The van der Waals surface area contributed by atoms with Crippen molar-refractivity contribution in [2.45, 2.75) is 13.8 Å². The van der Waals surface area contributed by atoms with Crippen LogP contribution in [0.25, 0.3) is 5.69 Å². The highest BCUT2D eigenvalue weighted by molar-refractivity contribution is 5.99. The molecule has 186 valence electrons. The second-order valence-electron chi connectivity index (χ2n) is 7.98. The first kappa shape index (κ1) is 24.5. The summed E-state index contributed by atoms with van der Waals surface area (Å²) < 4.78 is 18.4. The van der Waals surface area contributed by atoms with E-state index >= 15 is 0 Å². The van der Waals surface area contributed by atoms with Gasteiger partial charge in [0.05, 0.1) is 38.1 Å². The number of ketones is 1. The SMILES string of the molecule is CNc1nc(Nc2ccc(-n3cnc(C)c3)c(OC)c2)ncc1OCC(=O)c1cc(OC)ccc1C. The van der Waals surface area contributed by atoms with E-state index in [2.05, 4.69) is 25.6 Å². The Kier molecular flexibility index (Phi) is 7.33. The highest BCUT2D eigenvalue weighted by atomic mass is 16.5. The van der Waals surface area contributed by atoms with E-state index < -0.39 is 0 Å². The number of rotatable bonds is 10. The van der Waals surface area contributed by atoms with Gasteiger partial charge in [-0.2, -0.15) is 4.98 Å². The van der Waals surface area contributed by atoms with E-state index in [1.165, 1.54) is 6.20 Å². The zero-order valence-electron chi connectivity index (χ0n) is 20.8. The van der Waals surface area contributed by atoms with Gasteiger partial charge >= 0.3 is 0 Å². The fourth-order valence-corrected chi connectivity index (χ4v) is 3.62. The van der Waals surface area contributed by atoms with Crippen molar-refractivity contribution in [1.29, 1.82) is 0 Å². The van der Waals surface area contributed by atoms with Gasteiger partial charge in [0.1, 0.15) is 11.5 Å². The van der Waals surface area contributed by atoms with Crippen LogP contribution in [-0.4, -0.2) is 53.2 Å². The molecule has 4 aromatic rings. The molecule has 0 bridgehead atoms. The van der Waals surface area contributed by atoms with Crippen LogP contribution in [0.3, 0.4) is 0 Å². The Labute approximate surface area is 209 Å². The number of aryl methyl sites for hydroxylation is 2. The van der Waals surface area contributed by atoms with Gasteiger partial charge in [0, 0.05) is 30.6 Å². The predicted octanol–water partition coefficient (Wildman–Crippen LogP) is 4.34. The highest BCUT2D eigenvalue weighted by Crippen LogP contribution is 2.29. The number of aromatic nitrogens is 4. The maximum absolute atomic E-state index is 12.7. The number of hydrogen-bond donors (Lipinski definition) is 2. The molecule has 0 spiro atoms. The largest absolute Gasteiger partial charge is 0.497 e. The van der Waals surface area contributed by atoms with Gasteiger partial charge in [0.25, 0.3) is 0 Å². The van der Waals surface area contributed by atoms with Crippen LogP contribution in [0.1, 0.15) is 21.6 Å². The summed E-state index contributed by atoms with van der Waals surface area (Å²) in [5.74, 6) is 2.27. The Morgan fingerprint density at radius 3 is 2.56 bits per heavy atom. The van der Waals surface area contributed by atoms with E-state index in [-0.39, 0.29) is 12.4 Å². The molecule has 0 aliphatic heterocycles. The van der Waals surface area contributed by atoms with Gasteiger partial charge < -0.3 is 29.4 Å². The van der Waals surface area contributed by atoms with Crippen LogP contribution in [0.15, 0.2) is 55.1 Å². The number of nitrogens with one attached hydrogen (secondary N) is 2. The third-order valence-corrected chi connectivity index (χ3v) is 5.52. The number of benzene rings is 2. The van der Waals surface area contributed by atoms with Crippen molar-refractivity contribution >= 4 is 23.2 Å². The van der Waals surface area contributed by atoms with E-state index in [4.69, 9.17) is 14.2 Å². The van der Waals surface area contributed by atoms with Crippen LogP contribution in [0.4, 0.5) is 17.5 Å². The lowest BCUT2D eigenvalue weighted by Crippen LogP contribution is -2.14. The molecule has 2 aromatic heterocycles. The summed E-state index contributed by atoms with van der Waals surface area (Å²) in [6.45, 7) is 3.64. The zero-order valence-corrected chi connectivity index (χ0v) is 20.8. The Morgan fingerprint density at radius 1 is 1.03 bits per heavy atom. The molecule has 36 heavy (non-hydrogen) atoms. The molecule has 0 atom stereocenters. The second kappa shape index (κ2) is 10.8. The van der Waals surface area contributed by atoms with Crippen molar-refractivity contribution in [1.82, 2.24) is 19.5 Å². The number of Topliss-reactive ketones (excluding diaryl/α,β-unsaturated/α-hetero) is 1. The average molecular weight is 489 g/mol. The number of imidazole rings is 1. The molecule has 0 unspecified atom stereocenters. The third kappa shape index (κ3) is 5.38. The van der Waals surface area contributed by atoms with Crippen molar-refractivity contribution in [3.8, 4) is 22.9 Å². The molecule has 0 fully saturated rings. The molecule has 0 aliphatic rings. The fourth-order valence-electron chi connectivity index (χ4n) is 3.62. The van der Waals surface area contributed by atoms with Crippen LogP contribution in [0.2, 0.25) is 0 Å². The number of carbonyl (C=O) groups excluding carboxylic acids is 1. The van der Waals surface area contributed by atoms with E-state index in [9.17, 15) is 4.79 Å². The Morgan fingerprint density at radius 2 is 1.86 bits per heavy atom. The number of hydrogen-bond acceptors (Lipinski definition) is 9. The minimum atomic E-state index is -0.170. The van der Waals surface area contributed by atoms with Gasteiger partial charge in [-0.25, -0.2) is 9.97 Å². The molecule has 0 aliphatic carbocycles. The average Bonchev–Trinajstić information content (AvgIpc) is 3.33. The van der Waals surface area contributed by atoms with Crippen LogP contribution in [-0.2, 0) is 0 Å². The number of carbonyl (C=O) groups is 1. The Balaban J connectivity index is 1.48. The normalized spacial score (nSPS) is 10.6. The standard InChI is InChI=1S/C26H28N6O4/c1-16-6-8-19(34-4)11-20(16)22(33)14-36-24-12-28-26(31-25(24)27-3)30-18-7-9-21(23(10-18)35-5)32-13-17(2)29-15-32/h6-13,15H,14H2,1-5H3,(H2,27,28,30,31). The summed E-state index contributed by atoms with van der Waals surface area (Å²) in [5, 5.41) is 6.16. The van der Waals surface area contributed by atoms with Crippen molar-refractivity contribution in [3.63, 3.8) is 0 Å². The van der Waals surface area contributed by atoms with Crippen LogP contribution in [0, 0.1) is 13.8 Å². The smallest absolute Gasteiger partial charge is 0.229 e. The third-order valence-electron chi connectivity index (χ3n) is 5.52. The molecule has 0 radical (unpaired) electrons. The van der Waals surface area contributed by atoms with Gasteiger partial charge in [-0.15, -0.1) is 0 Å². The number of methoxy groups -OCH3 is 2. The molecule has 0 saturated carbocycles. The van der Waals surface area contributed by atoms with Gasteiger partial charge in [-0.05, 0) is 43.7 Å². The maximum Gasteiger partial charge on any atom is 0.229 e. The van der Waals surface area contributed by atoms with Gasteiger partial charge in [0.2, 0.25) is 11.7 Å². The molecule has 0 amide bonds. The zero-order chi connectivity index (χ0) is 25.7. The van der Waals surface area contributed by atoms with Crippen molar-refractivity contribution in [2.75, 3.05) is 38.5 Å². The summed E-state index contributed by atoms with van der Waals surface area (Å²) in [6.07, 6.45) is 5.18. The van der Waals surface area contributed by atoms with Crippen molar-refractivity contribution < 1.29 is 19.0 Å². The minimum absolute atomic E-state index is 0.162. The quantitative estimate of drug-likeness (QED) is 0.315. The molecule has 2 heterocycles. The number of nitrogens with zero attached hydrogens (tertiary/aromatic N) is 4. The molecule has 10 nitrogen and oxygen atoms in total. The van der Waals surface area contributed by atoms with E-state index in [0.29, 0.717) is 34.6 Å². The van der Waals surface area contributed by atoms with Crippen molar-refractivity contribution in [2.24, 2.45) is 0 Å². The van der Waals surface area contributed by atoms with Gasteiger partial charge in [0.15, 0.2) is 18.2 Å². The summed E-state index contributed by atoms with van der Waals surface area (Å²) in [4.78, 5) is 25.8. The Bertz CT molecular complexity index is 1380. The van der Waals surface area contributed by atoms with Gasteiger partial charge in [-0.3, -0.25) is 4.79 Å². The van der Waals surface area contributed by atoms with Gasteiger partial charge in [-0.1, -0.05) is 6.07 Å². The molecule has 4 rings (SSSR count). The first-order valence-electron chi connectivity index (χ1n) is 11.2. The molecule has 10 heteroatoms. The van der Waals surface area contributed by atoms with Crippen LogP contribution >= 0.6 is 0 Å². The summed E-state index contributed by atoms with van der Waals surface area (Å²) >= 11 is 0. The monoisotopic (exact) mass is 488 g/mol. The highest BCUT2D eigenvalue weighted by Gasteiger charge is 2.15. The fraction of sp³-hybridized carbons (Fsp3) is 0.231. The lowest BCUT2D eigenvalue weighted by atomic mass is 10.0. The topological polar surface area (TPSA) is 112 Å². The van der Waals surface area contributed by atoms with Crippen LogP contribution < -0.4 is 24.8 Å². The Hall–Kier alpha value is -4.60.